The van der Waals surface area contributed by atoms with Crippen molar-refractivity contribution in [2.75, 3.05) is 39.3 Å². The first-order valence-electron chi connectivity index (χ1n) is 10.3. The lowest BCUT2D eigenvalue weighted by atomic mass is 9.91. The molecule has 0 bridgehead atoms. The number of aromatic nitrogens is 2. The second-order valence-corrected chi connectivity index (χ2v) is 8.00. The number of rotatable bonds is 3. The van der Waals surface area contributed by atoms with Crippen LogP contribution < -0.4 is 0 Å². The summed E-state index contributed by atoms with van der Waals surface area (Å²) in [5.41, 5.74) is 2.35. The molecule has 3 aliphatic rings. The minimum atomic E-state index is 0.279. The van der Waals surface area contributed by atoms with Crippen molar-refractivity contribution in [1.82, 2.24) is 24.5 Å². The van der Waals surface area contributed by atoms with E-state index in [0.29, 0.717) is 6.54 Å². The molecule has 2 fully saturated rings. The molecule has 146 valence electrons. The van der Waals surface area contributed by atoms with Crippen LogP contribution in [0.4, 0.5) is 0 Å². The number of aryl methyl sites for hydroxylation is 1. The highest BCUT2D eigenvalue weighted by Gasteiger charge is 2.30. The standard InChI is InChI=1S/C21H31N5O/c1-23-10-4-2-3-6-18-16-24(11-9-20(18)22-23)17-21(27)26-14-12-25(13-15-26)19-7-5-8-19/h2-4,6,10,19H,5,7-9,11-17H2,1H3. The van der Waals surface area contributed by atoms with Crippen molar-refractivity contribution in [3.8, 4) is 0 Å². The van der Waals surface area contributed by atoms with Gasteiger partial charge in [0.25, 0.3) is 0 Å². The van der Waals surface area contributed by atoms with E-state index in [4.69, 9.17) is 0 Å². The van der Waals surface area contributed by atoms with Crippen molar-refractivity contribution in [2.24, 2.45) is 7.05 Å². The molecule has 1 amide bonds. The van der Waals surface area contributed by atoms with Crippen molar-refractivity contribution in [2.45, 2.75) is 38.3 Å². The van der Waals surface area contributed by atoms with Gasteiger partial charge in [0.2, 0.25) is 5.91 Å². The average Bonchev–Trinajstić information content (AvgIpc) is 2.70. The van der Waals surface area contributed by atoms with E-state index in [0.717, 1.165) is 57.4 Å². The highest BCUT2D eigenvalue weighted by molar-refractivity contribution is 5.78. The van der Waals surface area contributed by atoms with Crippen molar-refractivity contribution in [1.29, 1.82) is 0 Å². The smallest absolute Gasteiger partial charge is 0.236 e. The van der Waals surface area contributed by atoms with Crippen LogP contribution in [0.5, 0.6) is 0 Å². The predicted octanol–water partition coefficient (Wildman–Crippen LogP) is 1.60. The SMILES string of the molecule is Cn1cccccc2c(n1)CCN(CC(=O)N1CCN(C3CCC3)CC1)C2. The Morgan fingerprint density at radius 1 is 1.11 bits per heavy atom. The summed E-state index contributed by atoms with van der Waals surface area (Å²) in [5.74, 6) is 0.279. The van der Waals surface area contributed by atoms with Gasteiger partial charge in [0.15, 0.2) is 0 Å². The third-order valence-electron chi connectivity index (χ3n) is 6.15. The molecule has 4 rings (SSSR count). The van der Waals surface area contributed by atoms with Crippen molar-refractivity contribution in [3.63, 3.8) is 0 Å². The van der Waals surface area contributed by atoms with E-state index in [1.165, 1.54) is 24.8 Å². The van der Waals surface area contributed by atoms with Gasteiger partial charge >= 0.3 is 0 Å². The zero-order chi connectivity index (χ0) is 18.6. The van der Waals surface area contributed by atoms with Crippen LogP contribution in [-0.4, -0.2) is 75.7 Å². The van der Waals surface area contributed by atoms with Gasteiger partial charge in [0.05, 0.1) is 12.2 Å². The fourth-order valence-electron chi connectivity index (χ4n) is 4.25. The topological polar surface area (TPSA) is 44.6 Å². The third-order valence-corrected chi connectivity index (χ3v) is 6.15. The highest BCUT2D eigenvalue weighted by atomic mass is 16.2. The van der Waals surface area contributed by atoms with Gasteiger partial charge in [-0.1, -0.05) is 24.6 Å². The van der Waals surface area contributed by atoms with Gasteiger partial charge in [-0.2, -0.15) is 5.10 Å². The van der Waals surface area contributed by atoms with Crippen LogP contribution in [0.2, 0.25) is 0 Å². The van der Waals surface area contributed by atoms with Crippen LogP contribution in [-0.2, 0) is 24.8 Å². The lowest BCUT2D eigenvalue weighted by Gasteiger charge is -2.43. The minimum Gasteiger partial charge on any atom is -0.339 e. The maximum atomic E-state index is 12.8. The summed E-state index contributed by atoms with van der Waals surface area (Å²) in [5, 5.41) is 4.69. The molecule has 1 aliphatic carbocycles. The summed E-state index contributed by atoms with van der Waals surface area (Å²) in [6.07, 6.45) is 6.92. The van der Waals surface area contributed by atoms with E-state index >= 15 is 0 Å². The van der Waals surface area contributed by atoms with Crippen molar-refractivity contribution < 1.29 is 4.79 Å². The van der Waals surface area contributed by atoms with Gasteiger partial charge in [-0.3, -0.25) is 19.3 Å². The maximum Gasteiger partial charge on any atom is 0.236 e. The molecule has 6 nitrogen and oxygen atoms in total. The Morgan fingerprint density at radius 3 is 2.67 bits per heavy atom. The van der Waals surface area contributed by atoms with E-state index in [9.17, 15) is 4.79 Å². The fourth-order valence-corrected chi connectivity index (χ4v) is 4.25. The van der Waals surface area contributed by atoms with Crippen molar-refractivity contribution >= 4 is 5.91 Å². The first-order chi connectivity index (χ1) is 13.2. The lowest BCUT2D eigenvalue weighted by Crippen LogP contribution is -2.55. The average molecular weight is 370 g/mol. The second-order valence-electron chi connectivity index (χ2n) is 8.00. The maximum absolute atomic E-state index is 12.8. The summed E-state index contributed by atoms with van der Waals surface area (Å²) in [6.45, 7) is 6.07. The van der Waals surface area contributed by atoms with Crippen LogP contribution in [0, 0.1) is 0 Å². The number of piperazine rings is 1. The Morgan fingerprint density at radius 2 is 1.93 bits per heavy atom. The molecule has 0 aromatic carbocycles. The molecule has 0 unspecified atom stereocenters. The quantitative estimate of drug-likeness (QED) is 0.812. The Kier molecular flexibility index (Phi) is 5.74. The van der Waals surface area contributed by atoms with E-state index in [2.05, 4.69) is 31.9 Å². The van der Waals surface area contributed by atoms with E-state index in [1.807, 2.05) is 30.1 Å². The number of nitrogens with zero attached hydrogens (tertiary/aromatic N) is 5. The first kappa shape index (κ1) is 18.4. The molecular formula is C21H31N5O. The van der Waals surface area contributed by atoms with Crippen LogP contribution in [0.15, 0.2) is 30.5 Å². The summed E-state index contributed by atoms with van der Waals surface area (Å²) in [7, 11) is 1.96. The van der Waals surface area contributed by atoms with Gasteiger partial charge < -0.3 is 4.90 Å². The molecule has 0 spiro atoms. The number of fused-ring (bicyclic) bond motifs is 1. The largest absolute Gasteiger partial charge is 0.339 e. The number of carbonyl (C=O) groups excluding carboxylic acids is 1. The van der Waals surface area contributed by atoms with Crippen LogP contribution in [0.1, 0.15) is 30.5 Å². The van der Waals surface area contributed by atoms with E-state index < -0.39 is 0 Å². The van der Waals surface area contributed by atoms with Gasteiger partial charge in [0.1, 0.15) is 0 Å². The van der Waals surface area contributed by atoms with Crippen LogP contribution in [0.3, 0.4) is 0 Å². The van der Waals surface area contributed by atoms with E-state index in [-0.39, 0.29) is 5.91 Å². The number of hydrogen-bond donors (Lipinski definition) is 0. The molecule has 27 heavy (non-hydrogen) atoms. The number of hydrogen-bond acceptors (Lipinski definition) is 4. The molecule has 0 N–H and O–H groups in total. The predicted molar refractivity (Wildman–Crippen MR) is 106 cm³/mol. The number of amides is 1. The van der Waals surface area contributed by atoms with Gasteiger partial charge in [-0.25, -0.2) is 0 Å². The molecule has 1 saturated heterocycles. The number of carbonyl (C=O) groups is 1. The monoisotopic (exact) mass is 369 g/mol. The molecule has 2 aliphatic heterocycles. The summed E-state index contributed by atoms with van der Waals surface area (Å²) < 4.78 is 1.86. The highest BCUT2D eigenvalue weighted by Crippen LogP contribution is 2.25. The molecule has 1 aromatic rings. The molecule has 1 saturated carbocycles. The van der Waals surface area contributed by atoms with Gasteiger partial charge in [-0.15, -0.1) is 0 Å². The first-order valence-corrected chi connectivity index (χ1v) is 10.3. The zero-order valence-electron chi connectivity index (χ0n) is 16.4. The Labute approximate surface area is 162 Å². The third kappa shape index (κ3) is 4.50. The Balaban J connectivity index is 1.34. The molecule has 6 heteroatoms. The lowest BCUT2D eigenvalue weighted by molar-refractivity contribution is -0.135. The molecule has 1 aromatic heterocycles. The zero-order valence-corrected chi connectivity index (χ0v) is 16.4. The Hall–Kier alpha value is -1.92. The molecular weight excluding hydrogens is 338 g/mol. The Bertz CT molecular complexity index is 717. The van der Waals surface area contributed by atoms with Crippen LogP contribution >= 0.6 is 0 Å². The molecule has 3 heterocycles. The van der Waals surface area contributed by atoms with Crippen molar-refractivity contribution in [3.05, 3.63) is 41.7 Å². The molecule has 0 radical (unpaired) electrons. The fraction of sp³-hybridized carbons (Fsp3) is 0.619. The summed E-state index contributed by atoms with van der Waals surface area (Å²) in [4.78, 5) is 19.7. The van der Waals surface area contributed by atoms with Crippen LogP contribution in [0.25, 0.3) is 0 Å². The minimum absolute atomic E-state index is 0.279. The summed E-state index contributed by atoms with van der Waals surface area (Å²) in [6, 6.07) is 9.00. The van der Waals surface area contributed by atoms with E-state index in [1.54, 1.807) is 0 Å². The second kappa shape index (κ2) is 8.40. The van der Waals surface area contributed by atoms with Gasteiger partial charge in [0, 0.05) is 65.0 Å². The normalized spacial score (nSPS) is 21.3. The summed E-state index contributed by atoms with van der Waals surface area (Å²) >= 11 is 0. The molecule has 0 atom stereocenters. The van der Waals surface area contributed by atoms with Gasteiger partial charge in [-0.05, 0) is 24.5 Å².